The van der Waals surface area contributed by atoms with Gasteiger partial charge in [0.2, 0.25) is 5.91 Å². The molecule has 0 N–H and O–H groups in total. The van der Waals surface area contributed by atoms with Crippen molar-refractivity contribution in [3.05, 3.63) is 91.3 Å². The van der Waals surface area contributed by atoms with E-state index in [-0.39, 0.29) is 29.9 Å². The van der Waals surface area contributed by atoms with Gasteiger partial charge in [0.25, 0.3) is 0 Å². The van der Waals surface area contributed by atoms with Crippen molar-refractivity contribution in [2.75, 3.05) is 4.90 Å². The van der Waals surface area contributed by atoms with Crippen LogP contribution in [-0.2, 0) is 18.4 Å². The Hall–Kier alpha value is -2.84. The molecule has 0 radical (unpaired) electrons. The zero-order valence-electron chi connectivity index (χ0n) is 18.1. The normalized spacial score (nSPS) is 12.3. The summed E-state index contributed by atoms with van der Waals surface area (Å²) in [6.07, 6.45) is 4.64. The molecular weight excluding hydrogens is 541 g/mol. The lowest BCUT2D eigenvalue weighted by atomic mass is 10.2. The number of para-hydroxylation sites is 3. The first-order valence-corrected chi connectivity index (χ1v) is 11.6. The van der Waals surface area contributed by atoms with Crippen LogP contribution >= 0.6 is 11.8 Å². The number of aryl methyl sites for hydroxylation is 2. The van der Waals surface area contributed by atoms with Crippen molar-refractivity contribution in [3.63, 3.8) is 0 Å². The smallest absolute Gasteiger partial charge is 0.233 e. The number of aromatic nitrogens is 2. The Bertz CT molecular complexity index is 1460. The zero-order valence-corrected chi connectivity index (χ0v) is 21.1. The van der Waals surface area contributed by atoms with Gasteiger partial charge in [-0.2, -0.15) is 0 Å². The summed E-state index contributed by atoms with van der Waals surface area (Å²) in [6.45, 7) is 0.630. The van der Waals surface area contributed by atoms with Crippen molar-refractivity contribution in [1.29, 1.82) is 0 Å². The first kappa shape index (κ1) is 22.0. The van der Waals surface area contributed by atoms with Gasteiger partial charge in [0.1, 0.15) is 7.05 Å². The van der Waals surface area contributed by atoms with Crippen LogP contribution in [0.2, 0.25) is 0 Å². The van der Waals surface area contributed by atoms with Crippen molar-refractivity contribution in [2.45, 2.75) is 22.8 Å². The average molecular weight is 563 g/mol. The number of fused-ring (bicyclic) bond motifs is 5. The van der Waals surface area contributed by atoms with Gasteiger partial charge in [-0.25, -0.2) is 4.57 Å². The minimum absolute atomic E-state index is 0. The molecule has 0 fully saturated rings. The van der Waals surface area contributed by atoms with E-state index >= 15 is 0 Å². The summed E-state index contributed by atoms with van der Waals surface area (Å²) in [5.74, 6) is 0.109. The first-order chi connectivity index (χ1) is 15.7. The molecule has 1 amide bonds. The molecule has 0 saturated carbocycles. The molecule has 33 heavy (non-hydrogen) atoms. The predicted octanol–water partition coefficient (Wildman–Crippen LogP) is 2.84. The number of pyridine rings is 1. The molecule has 1 aliphatic rings. The quantitative estimate of drug-likeness (QED) is 0.250. The highest BCUT2D eigenvalue weighted by Gasteiger charge is 2.27. The minimum Gasteiger partial charge on any atom is -1.00 e. The van der Waals surface area contributed by atoms with E-state index in [0.717, 1.165) is 32.2 Å². The second-order valence-corrected chi connectivity index (χ2v) is 9.18. The molecule has 0 saturated heterocycles. The van der Waals surface area contributed by atoms with Crippen molar-refractivity contribution in [1.82, 2.24) is 4.57 Å². The van der Waals surface area contributed by atoms with Crippen LogP contribution in [0.3, 0.4) is 0 Å². The van der Waals surface area contributed by atoms with Gasteiger partial charge in [0.05, 0.1) is 22.3 Å². The number of carbonyl (C=O) groups excluding carboxylic acids is 1. The Labute approximate surface area is 213 Å². The molecule has 0 atom stereocenters. The van der Waals surface area contributed by atoms with Crippen molar-refractivity contribution in [2.24, 2.45) is 7.05 Å². The average Bonchev–Trinajstić information content (AvgIpc) is 3.13. The summed E-state index contributed by atoms with van der Waals surface area (Å²) in [5, 5.41) is 2.43. The number of halogens is 1. The Kier molecular flexibility index (Phi) is 5.88. The maximum Gasteiger partial charge on any atom is 0.233 e. The van der Waals surface area contributed by atoms with E-state index in [9.17, 15) is 4.79 Å². The van der Waals surface area contributed by atoms with Gasteiger partial charge < -0.3 is 28.5 Å². The molecule has 5 aromatic rings. The Morgan fingerprint density at radius 2 is 1.42 bits per heavy atom. The van der Waals surface area contributed by atoms with Crippen molar-refractivity contribution < 1.29 is 33.3 Å². The van der Waals surface area contributed by atoms with Crippen LogP contribution in [0.5, 0.6) is 0 Å². The molecule has 0 unspecified atom stereocenters. The van der Waals surface area contributed by atoms with Gasteiger partial charge in [-0.05, 0) is 30.3 Å². The largest absolute Gasteiger partial charge is 1.00 e. The molecule has 6 rings (SSSR count). The van der Waals surface area contributed by atoms with Crippen molar-refractivity contribution in [3.8, 4) is 0 Å². The zero-order chi connectivity index (χ0) is 21.7. The van der Waals surface area contributed by atoms with Crippen LogP contribution in [0.4, 0.5) is 11.4 Å². The molecule has 4 nitrogen and oxygen atoms in total. The molecule has 1 aliphatic heterocycles. The lowest BCUT2D eigenvalue weighted by molar-refractivity contribution is -0.670. The van der Waals surface area contributed by atoms with Crippen LogP contribution in [-0.4, -0.2) is 10.5 Å². The minimum atomic E-state index is 0. The molecule has 3 aromatic carbocycles. The first-order valence-electron chi connectivity index (χ1n) is 10.8. The molecule has 3 heterocycles. The molecule has 2 aromatic heterocycles. The highest BCUT2D eigenvalue weighted by Crippen LogP contribution is 2.48. The summed E-state index contributed by atoms with van der Waals surface area (Å²) in [6, 6.07) is 26.9. The van der Waals surface area contributed by atoms with Crippen molar-refractivity contribution >= 4 is 50.8 Å². The van der Waals surface area contributed by atoms with Gasteiger partial charge in [-0.3, -0.25) is 9.69 Å². The Morgan fingerprint density at radius 3 is 2.15 bits per heavy atom. The molecule has 0 aliphatic carbocycles. The maximum atomic E-state index is 13.6. The summed E-state index contributed by atoms with van der Waals surface area (Å²) >= 11 is 1.72. The molecule has 164 valence electrons. The van der Waals surface area contributed by atoms with Crippen LogP contribution in [0, 0.1) is 0 Å². The monoisotopic (exact) mass is 563 g/mol. The fraction of sp³-hybridized carbons (Fsp3) is 0.111. The number of amides is 1. The third-order valence-electron chi connectivity index (χ3n) is 6.08. The second-order valence-electron chi connectivity index (χ2n) is 8.09. The number of carbonyl (C=O) groups is 1. The van der Waals surface area contributed by atoms with Crippen LogP contribution in [0.1, 0.15) is 6.42 Å². The van der Waals surface area contributed by atoms with Gasteiger partial charge in [-0.1, -0.05) is 54.2 Å². The van der Waals surface area contributed by atoms with E-state index in [1.165, 1.54) is 10.8 Å². The van der Waals surface area contributed by atoms with E-state index in [1.807, 2.05) is 48.3 Å². The molecular formula is C27H22IN3OS. The summed E-state index contributed by atoms with van der Waals surface area (Å²) in [4.78, 5) is 17.8. The van der Waals surface area contributed by atoms with Gasteiger partial charge in [0.15, 0.2) is 12.4 Å². The van der Waals surface area contributed by atoms with Crippen LogP contribution in [0.15, 0.2) is 101 Å². The third kappa shape index (κ3) is 3.71. The van der Waals surface area contributed by atoms with E-state index in [4.69, 9.17) is 0 Å². The van der Waals surface area contributed by atoms with E-state index in [0.29, 0.717) is 13.0 Å². The molecule has 6 heteroatoms. The molecule has 0 spiro atoms. The van der Waals surface area contributed by atoms with E-state index in [1.54, 1.807) is 11.8 Å². The van der Waals surface area contributed by atoms with Crippen LogP contribution < -0.4 is 33.4 Å². The SMILES string of the molecule is C[n+]1ccc2c(c1)c1ccccc1n2CCC(=O)N1c2ccccc2Sc2ccccc21.[I-]. The van der Waals surface area contributed by atoms with Gasteiger partial charge in [0, 0.05) is 39.7 Å². The van der Waals surface area contributed by atoms with E-state index in [2.05, 4.69) is 64.0 Å². The maximum absolute atomic E-state index is 13.6. The number of anilines is 2. The van der Waals surface area contributed by atoms with Gasteiger partial charge in [-0.15, -0.1) is 0 Å². The lowest BCUT2D eigenvalue weighted by Gasteiger charge is -2.31. The number of nitrogens with zero attached hydrogens (tertiary/aromatic N) is 3. The predicted molar refractivity (Wildman–Crippen MR) is 129 cm³/mol. The number of benzene rings is 3. The van der Waals surface area contributed by atoms with E-state index < -0.39 is 0 Å². The number of rotatable bonds is 3. The number of hydrogen-bond acceptors (Lipinski definition) is 2. The summed E-state index contributed by atoms with van der Waals surface area (Å²) < 4.78 is 4.35. The fourth-order valence-electron chi connectivity index (χ4n) is 4.63. The topological polar surface area (TPSA) is 29.1 Å². The van der Waals surface area contributed by atoms with Crippen LogP contribution in [0.25, 0.3) is 21.8 Å². The Balaban J connectivity index is 0.00000228. The second kappa shape index (κ2) is 8.83. The highest BCUT2D eigenvalue weighted by molar-refractivity contribution is 7.99. The third-order valence-corrected chi connectivity index (χ3v) is 7.21. The number of hydrogen-bond donors (Lipinski definition) is 0. The lowest BCUT2D eigenvalue weighted by Crippen LogP contribution is -3.00. The Morgan fingerprint density at radius 1 is 0.818 bits per heavy atom. The fourth-order valence-corrected chi connectivity index (χ4v) is 5.69. The summed E-state index contributed by atoms with van der Waals surface area (Å²) in [5.41, 5.74) is 4.26. The van der Waals surface area contributed by atoms with Gasteiger partial charge >= 0.3 is 0 Å². The molecule has 0 bridgehead atoms. The summed E-state index contributed by atoms with van der Waals surface area (Å²) in [7, 11) is 2.04. The standard InChI is InChI=1S/C27H22N3OS.HI/c1-28-16-14-22-20(18-28)19-8-2-3-9-21(19)29(22)17-15-27(31)30-23-10-4-6-12-25(23)32-26-13-7-5-11-24(26)30;/h2-14,16,18H,15,17H2,1H3;1H/q+1;/p-1. The highest BCUT2D eigenvalue weighted by atomic mass is 127.